The van der Waals surface area contributed by atoms with Crippen molar-refractivity contribution in [2.24, 2.45) is 5.41 Å². The van der Waals surface area contributed by atoms with Gasteiger partial charge < -0.3 is 0 Å². The number of hydrogen-bond acceptors (Lipinski definition) is 1. The van der Waals surface area contributed by atoms with E-state index in [9.17, 15) is 8.78 Å². The molecule has 0 N–H and O–H groups in total. The summed E-state index contributed by atoms with van der Waals surface area (Å²) in [5.41, 5.74) is 0.543. The van der Waals surface area contributed by atoms with Gasteiger partial charge in [-0.2, -0.15) is 0 Å². The molecule has 0 atom stereocenters. The summed E-state index contributed by atoms with van der Waals surface area (Å²) in [6, 6.07) is 7.74. The number of rotatable bonds is 2. The van der Waals surface area contributed by atoms with Crippen molar-refractivity contribution in [2.45, 2.75) is 31.7 Å². The first-order chi connectivity index (χ1) is 8.51. The van der Waals surface area contributed by atoms with Crippen LogP contribution in [0, 0.1) is 5.41 Å². The third kappa shape index (κ3) is 2.14. The summed E-state index contributed by atoms with van der Waals surface area (Å²) in [6.07, 6.45) is 1.37. The second kappa shape index (κ2) is 4.17. The van der Waals surface area contributed by atoms with Crippen molar-refractivity contribution in [3.8, 4) is 0 Å². The molecule has 1 saturated heterocycles. The van der Waals surface area contributed by atoms with Crippen LogP contribution < -0.4 is 0 Å². The maximum absolute atomic E-state index is 13.2. The minimum absolute atomic E-state index is 0.106. The summed E-state index contributed by atoms with van der Waals surface area (Å²) in [5, 5.41) is 0.731. The molecule has 0 aromatic heterocycles. The molecule has 0 radical (unpaired) electrons. The Balaban J connectivity index is 1.56. The molecule has 0 amide bonds. The van der Waals surface area contributed by atoms with E-state index < -0.39 is 11.3 Å². The molecule has 1 aliphatic heterocycles. The van der Waals surface area contributed by atoms with Gasteiger partial charge in [-0.05, 0) is 43.6 Å². The van der Waals surface area contributed by atoms with Crippen molar-refractivity contribution in [1.29, 1.82) is 0 Å². The molecule has 0 bridgehead atoms. The minimum Gasteiger partial charge on any atom is -0.299 e. The molecule has 1 heterocycles. The van der Waals surface area contributed by atoms with Crippen LogP contribution in [0.1, 0.15) is 24.8 Å². The topological polar surface area (TPSA) is 3.24 Å². The fourth-order valence-electron chi connectivity index (χ4n) is 2.91. The summed E-state index contributed by atoms with van der Waals surface area (Å²) >= 11 is 5.83. The van der Waals surface area contributed by atoms with Crippen molar-refractivity contribution in [3.05, 3.63) is 34.9 Å². The molecular weight excluding hydrogens is 256 g/mol. The van der Waals surface area contributed by atoms with Crippen LogP contribution in [0.25, 0.3) is 0 Å². The molecule has 1 nitrogen and oxygen atoms in total. The van der Waals surface area contributed by atoms with Gasteiger partial charge in [-0.15, -0.1) is 0 Å². The van der Waals surface area contributed by atoms with Gasteiger partial charge in [0.25, 0.3) is 5.92 Å². The van der Waals surface area contributed by atoms with Gasteiger partial charge in [0.05, 0.1) is 0 Å². The van der Waals surface area contributed by atoms with E-state index in [-0.39, 0.29) is 6.42 Å². The number of hydrogen-bond donors (Lipinski definition) is 0. The Hall–Kier alpha value is -0.670. The Kier molecular flexibility index (Phi) is 2.87. The number of piperidine rings is 1. The lowest BCUT2D eigenvalue weighted by molar-refractivity contribution is 0.0300. The lowest BCUT2D eigenvalue weighted by Crippen LogP contribution is -2.36. The van der Waals surface area contributed by atoms with Crippen molar-refractivity contribution in [3.63, 3.8) is 0 Å². The summed E-state index contributed by atoms with van der Waals surface area (Å²) in [6.45, 7) is 2.38. The summed E-state index contributed by atoms with van der Waals surface area (Å²) in [7, 11) is 0. The van der Waals surface area contributed by atoms with Gasteiger partial charge in [-0.25, -0.2) is 8.78 Å². The van der Waals surface area contributed by atoms with Crippen molar-refractivity contribution < 1.29 is 8.78 Å². The van der Waals surface area contributed by atoms with Crippen LogP contribution in [0.2, 0.25) is 5.02 Å². The van der Waals surface area contributed by atoms with Gasteiger partial charge in [0.2, 0.25) is 0 Å². The lowest BCUT2D eigenvalue weighted by atomic mass is 9.92. The molecule has 3 rings (SSSR count). The third-order valence-electron chi connectivity index (χ3n) is 4.34. The SMILES string of the molecule is FC1(F)CC12CCN(Cc1ccc(Cl)cc1)CC2. The van der Waals surface area contributed by atoms with Crippen molar-refractivity contribution >= 4 is 11.6 Å². The fourth-order valence-corrected chi connectivity index (χ4v) is 3.04. The maximum Gasteiger partial charge on any atom is 0.254 e. The predicted molar refractivity (Wildman–Crippen MR) is 68.0 cm³/mol. The molecule has 1 aliphatic carbocycles. The second-order valence-electron chi connectivity index (χ2n) is 5.56. The van der Waals surface area contributed by atoms with E-state index in [1.54, 1.807) is 0 Å². The Morgan fingerprint density at radius 3 is 2.17 bits per heavy atom. The summed E-state index contributed by atoms with van der Waals surface area (Å²) in [4.78, 5) is 2.25. The molecule has 98 valence electrons. The maximum atomic E-state index is 13.2. The number of alkyl halides is 2. The van der Waals surface area contributed by atoms with Crippen LogP contribution in [-0.2, 0) is 6.54 Å². The third-order valence-corrected chi connectivity index (χ3v) is 4.60. The zero-order valence-corrected chi connectivity index (χ0v) is 10.9. The number of likely N-dealkylation sites (tertiary alicyclic amines) is 1. The Labute approximate surface area is 111 Å². The monoisotopic (exact) mass is 271 g/mol. The van der Waals surface area contributed by atoms with Crippen LogP contribution in [0.5, 0.6) is 0 Å². The highest BCUT2D eigenvalue weighted by molar-refractivity contribution is 6.30. The number of halogens is 3. The quantitative estimate of drug-likeness (QED) is 0.787. The molecule has 1 saturated carbocycles. The molecule has 18 heavy (non-hydrogen) atoms. The number of nitrogens with zero attached hydrogens (tertiary/aromatic N) is 1. The average molecular weight is 272 g/mol. The first kappa shape index (κ1) is 12.4. The Morgan fingerprint density at radius 2 is 1.67 bits per heavy atom. The van der Waals surface area contributed by atoms with Crippen molar-refractivity contribution in [2.75, 3.05) is 13.1 Å². The first-order valence-corrected chi connectivity index (χ1v) is 6.73. The van der Waals surface area contributed by atoms with Gasteiger partial charge in [-0.1, -0.05) is 23.7 Å². The van der Waals surface area contributed by atoms with Crippen LogP contribution in [0.15, 0.2) is 24.3 Å². The van der Waals surface area contributed by atoms with Gasteiger partial charge in [0.15, 0.2) is 0 Å². The molecule has 1 aromatic carbocycles. The Morgan fingerprint density at radius 1 is 1.11 bits per heavy atom. The standard InChI is InChI=1S/C14H16ClF2N/c15-12-3-1-11(2-4-12)9-18-7-5-13(6-8-18)10-14(13,16)17/h1-4H,5-10H2. The zero-order chi connectivity index (χ0) is 12.8. The average Bonchev–Trinajstić information content (AvgIpc) is 2.87. The molecule has 0 unspecified atom stereocenters. The van der Waals surface area contributed by atoms with Gasteiger partial charge in [-0.3, -0.25) is 4.90 Å². The van der Waals surface area contributed by atoms with E-state index in [0.717, 1.165) is 24.7 Å². The van der Waals surface area contributed by atoms with E-state index >= 15 is 0 Å². The summed E-state index contributed by atoms with van der Waals surface area (Å²) in [5.74, 6) is -2.39. The predicted octanol–water partition coefficient (Wildman–Crippen LogP) is 3.96. The molecule has 4 heteroatoms. The minimum atomic E-state index is -2.39. The Bertz CT molecular complexity index is 436. The van der Waals surface area contributed by atoms with E-state index in [2.05, 4.69) is 4.90 Å². The smallest absolute Gasteiger partial charge is 0.254 e. The first-order valence-electron chi connectivity index (χ1n) is 6.35. The highest BCUT2D eigenvalue weighted by atomic mass is 35.5. The molecule has 1 spiro atoms. The van der Waals surface area contributed by atoms with Crippen LogP contribution in [0.3, 0.4) is 0 Å². The molecule has 2 fully saturated rings. The molecular formula is C14H16ClF2N. The van der Waals surface area contributed by atoms with Crippen LogP contribution in [-0.4, -0.2) is 23.9 Å². The second-order valence-corrected chi connectivity index (χ2v) is 6.00. The zero-order valence-electron chi connectivity index (χ0n) is 10.1. The van der Waals surface area contributed by atoms with Gasteiger partial charge in [0, 0.05) is 23.4 Å². The van der Waals surface area contributed by atoms with E-state index in [4.69, 9.17) is 11.6 Å². The van der Waals surface area contributed by atoms with Crippen LogP contribution >= 0.6 is 11.6 Å². The van der Waals surface area contributed by atoms with E-state index in [0.29, 0.717) is 12.8 Å². The highest BCUT2D eigenvalue weighted by Gasteiger charge is 2.70. The normalized spacial score (nSPS) is 25.3. The lowest BCUT2D eigenvalue weighted by Gasteiger charge is -2.32. The highest BCUT2D eigenvalue weighted by Crippen LogP contribution is 2.65. The van der Waals surface area contributed by atoms with Gasteiger partial charge >= 0.3 is 0 Å². The summed E-state index contributed by atoms with van der Waals surface area (Å²) < 4.78 is 26.5. The molecule has 1 aromatic rings. The fraction of sp³-hybridized carbons (Fsp3) is 0.571. The van der Waals surface area contributed by atoms with Gasteiger partial charge in [0.1, 0.15) is 0 Å². The number of benzene rings is 1. The largest absolute Gasteiger partial charge is 0.299 e. The molecule has 2 aliphatic rings. The van der Waals surface area contributed by atoms with E-state index in [1.165, 1.54) is 5.56 Å². The van der Waals surface area contributed by atoms with E-state index in [1.807, 2.05) is 24.3 Å². The van der Waals surface area contributed by atoms with Crippen molar-refractivity contribution in [1.82, 2.24) is 4.90 Å². The van der Waals surface area contributed by atoms with Crippen LogP contribution in [0.4, 0.5) is 8.78 Å².